The summed E-state index contributed by atoms with van der Waals surface area (Å²) in [5.74, 6) is 1.61. The Morgan fingerprint density at radius 3 is 2.37 bits per heavy atom. The predicted molar refractivity (Wildman–Crippen MR) is 149 cm³/mol. The molecule has 0 bridgehead atoms. The summed E-state index contributed by atoms with van der Waals surface area (Å²) < 4.78 is 33.9. The average Bonchev–Trinajstić information content (AvgIpc) is 3.46. The van der Waals surface area contributed by atoms with Crippen molar-refractivity contribution in [2.45, 2.75) is 31.6 Å². The van der Waals surface area contributed by atoms with Gasteiger partial charge in [-0.05, 0) is 44.0 Å². The Morgan fingerprint density at radius 1 is 0.947 bits per heavy atom. The summed E-state index contributed by atoms with van der Waals surface area (Å²) in [6, 6.07) is 17.2. The minimum atomic E-state index is -3.59. The van der Waals surface area contributed by atoms with Gasteiger partial charge in [-0.25, -0.2) is 13.4 Å². The van der Waals surface area contributed by atoms with E-state index in [2.05, 4.69) is 46.9 Å². The van der Waals surface area contributed by atoms with Crippen molar-refractivity contribution in [2.24, 2.45) is 0 Å². The molecule has 0 atom stereocenters. The Bertz CT molecular complexity index is 1490. The lowest BCUT2D eigenvalue weighted by Crippen LogP contribution is -2.48. The van der Waals surface area contributed by atoms with Gasteiger partial charge >= 0.3 is 0 Å². The number of nitrogens with one attached hydrogen (secondary N) is 1. The molecule has 0 spiro atoms. The molecule has 1 fully saturated rings. The van der Waals surface area contributed by atoms with Crippen LogP contribution in [-0.2, 0) is 22.9 Å². The predicted octanol–water partition coefficient (Wildman–Crippen LogP) is 4.39. The fraction of sp³-hybridized carbons (Fsp3) is 0.310. The first-order chi connectivity index (χ1) is 18.3. The fourth-order valence-electron chi connectivity index (χ4n) is 4.91. The normalized spacial score (nSPS) is 14.6. The van der Waals surface area contributed by atoms with E-state index >= 15 is 0 Å². The molecule has 1 aliphatic rings. The molecule has 1 N–H and O–H groups in total. The zero-order valence-corrected chi connectivity index (χ0v) is 22.8. The number of imidazole rings is 1. The van der Waals surface area contributed by atoms with Gasteiger partial charge in [0.25, 0.3) is 0 Å². The van der Waals surface area contributed by atoms with Crippen LogP contribution in [-0.4, -0.2) is 61.0 Å². The van der Waals surface area contributed by atoms with Crippen molar-refractivity contribution in [1.29, 1.82) is 0 Å². The van der Waals surface area contributed by atoms with Crippen molar-refractivity contribution in [3.05, 3.63) is 89.6 Å². The number of ether oxygens (including phenoxy) is 1. The lowest BCUT2D eigenvalue weighted by atomic mass is 10.1. The molecule has 1 saturated heterocycles. The summed E-state index contributed by atoms with van der Waals surface area (Å²) >= 11 is 0. The van der Waals surface area contributed by atoms with Crippen molar-refractivity contribution < 1.29 is 13.2 Å². The number of aromatic amines is 1. The number of rotatable bonds is 8. The highest BCUT2D eigenvalue weighted by Crippen LogP contribution is 2.28. The highest BCUT2D eigenvalue weighted by molar-refractivity contribution is 7.89. The molecule has 198 valence electrons. The molecule has 5 rings (SSSR count). The molecular formula is C29H33N5O3S. The smallest absolute Gasteiger partial charge is 0.243 e. The summed E-state index contributed by atoms with van der Waals surface area (Å²) in [5.41, 5.74) is 6.07. The Hall–Kier alpha value is -3.69. The Morgan fingerprint density at radius 2 is 1.71 bits per heavy atom. The zero-order valence-electron chi connectivity index (χ0n) is 22.0. The zero-order chi connectivity index (χ0) is 26.7. The third-order valence-electron chi connectivity index (χ3n) is 6.98. The number of H-pyrrole nitrogens is 1. The van der Waals surface area contributed by atoms with Crippen molar-refractivity contribution in [1.82, 2.24) is 19.3 Å². The monoisotopic (exact) mass is 531 g/mol. The second-order valence-electron chi connectivity index (χ2n) is 9.62. The molecule has 0 amide bonds. The third kappa shape index (κ3) is 5.58. The second kappa shape index (κ2) is 11.0. The van der Waals surface area contributed by atoms with E-state index < -0.39 is 10.0 Å². The molecule has 2 aromatic heterocycles. The molecule has 2 aromatic carbocycles. The van der Waals surface area contributed by atoms with Crippen LogP contribution in [0.15, 0.2) is 71.9 Å². The maximum Gasteiger partial charge on any atom is 0.243 e. The summed E-state index contributed by atoms with van der Waals surface area (Å²) in [6.45, 7) is 6.41. The highest BCUT2D eigenvalue weighted by atomic mass is 32.2. The Kier molecular flexibility index (Phi) is 7.49. The van der Waals surface area contributed by atoms with Crippen LogP contribution in [0.5, 0.6) is 5.75 Å². The van der Waals surface area contributed by atoms with Gasteiger partial charge in [-0.1, -0.05) is 29.8 Å². The van der Waals surface area contributed by atoms with E-state index in [4.69, 9.17) is 9.72 Å². The molecule has 38 heavy (non-hydrogen) atoms. The Balaban J connectivity index is 1.29. The van der Waals surface area contributed by atoms with Crippen molar-refractivity contribution in [3.63, 3.8) is 0 Å². The largest absolute Gasteiger partial charge is 0.497 e. The summed E-state index contributed by atoms with van der Waals surface area (Å²) in [5, 5.41) is 0. The van der Waals surface area contributed by atoms with Crippen LogP contribution in [0.3, 0.4) is 0 Å². The maximum atomic E-state index is 13.4. The summed E-state index contributed by atoms with van der Waals surface area (Å²) in [4.78, 5) is 14.7. The number of sulfonamides is 1. The van der Waals surface area contributed by atoms with E-state index in [9.17, 15) is 8.42 Å². The van der Waals surface area contributed by atoms with Crippen molar-refractivity contribution in [2.75, 3.05) is 38.2 Å². The lowest BCUT2D eigenvalue weighted by molar-refractivity contribution is 0.385. The molecular weight excluding hydrogens is 498 g/mol. The van der Waals surface area contributed by atoms with E-state index in [0.29, 0.717) is 43.2 Å². The third-order valence-corrected chi connectivity index (χ3v) is 8.89. The first kappa shape index (κ1) is 25.9. The van der Waals surface area contributed by atoms with Gasteiger partial charge in [0.2, 0.25) is 10.0 Å². The molecule has 8 nitrogen and oxygen atoms in total. The van der Waals surface area contributed by atoms with E-state index in [0.717, 1.165) is 29.2 Å². The standard InChI is InChI=1S/C29H33N5O3S/c1-21-4-10-28(22(2)18-21)33-14-16-34(17-15-33)38(35,36)26-8-5-23(6-9-26)27-20-25(37-3)19-24(32-27)7-11-29-30-12-13-31-29/h4-6,8-10,12-13,18-20H,7,11,14-17H2,1-3H3,(H,30,31). The van der Waals surface area contributed by atoms with Gasteiger partial charge in [0.05, 0.1) is 17.7 Å². The minimum Gasteiger partial charge on any atom is -0.497 e. The topological polar surface area (TPSA) is 91.4 Å². The van der Waals surface area contributed by atoms with Crippen LogP contribution in [0.2, 0.25) is 0 Å². The number of nitrogens with zero attached hydrogens (tertiary/aromatic N) is 4. The number of aromatic nitrogens is 3. The lowest BCUT2D eigenvalue weighted by Gasteiger charge is -2.36. The summed E-state index contributed by atoms with van der Waals surface area (Å²) in [6.07, 6.45) is 4.99. The van der Waals surface area contributed by atoms with Gasteiger partial charge in [0.1, 0.15) is 11.6 Å². The number of hydrogen-bond acceptors (Lipinski definition) is 6. The van der Waals surface area contributed by atoms with Crippen LogP contribution in [0.25, 0.3) is 11.3 Å². The van der Waals surface area contributed by atoms with Crippen LogP contribution >= 0.6 is 0 Å². The molecule has 0 radical (unpaired) electrons. The molecule has 3 heterocycles. The quantitative estimate of drug-likeness (QED) is 0.363. The number of pyridine rings is 1. The van der Waals surface area contributed by atoms with Crippen molar-refractivity contribution in [3.8, 4) is 17.0 Å². The molecule has 0 aliphatic carbocycles. The van der Waals surface area contributed by atoms with Gasteiger partial charge in [0.15, 0.2) is 0 Å². The number of benzene rings is 2. The van der Waals surface area contributed by atoms with E-state index in [1.807, 2.05) is 24.3 Å². The number of anilines is 1. The number of aryl methyl sites for hydroxylation is 4. The van der Waals surface area contributed by atoms with E-state index in [-0.39, 0.29) is 0 Å². The fourth-order valence-corrected chi connectivity index (χ4v) is 6.33. The highest BCUT2D eigenvalue weighted by Gasteiger charge is 2.29. The number of piperazine rings is 1. The van der Waals surface area contributed by atoms with Crippen LogP contribution in [0.1, 0.15) is 22.6 Å². The second-order valence-corrected chi connectivity index (χ2v) is 11.6. The molecule has 9 heteroatoms. The number of hydrogen-bond donors (Lipinski definition) is 1. The van der Waals surface area contributed by atoms with Gasteiger partial charge in [-0.2, -0.15) is 4.31 Å². The molecule has 1 aliphatic heterocycles. The van der Waals surface area contributed by atoms with E-state index in [1.165, 1.54) is 16.8 Å². The van der Waals surface area contributed by atoms with Crippen LogP contribution in [0.4, 0.5) is 5.69 Å². The van der Waals surface area contributed by atoms with Crippen LogP contribution in [0, 0.1) is 13.8 Å². The van der Waals surface area contributed by atoms with Gasteiger partial charge in [0, 0.05) is 74.1 Å². The Labute approximate surface area is 224 Å². The minimum absolute atomic E-state index is 0.294. The van der Waals surface area contributed by atoms with E-state index in [1.54, 1.807) is 35.9 Å². The van der Waals surface area contributed by atoms with Crippen molar-refractivity contribution >= 4 is 15.7 Å². The number of methoxy groups -OCH3 is 1. The summed E-state index contributed by atoms with van der Waals surface area (Å²) in [7, 11) is -1.96. The van der Waals surface area contributed by atoms with Gasteiger partial charge in [-0.15, -0.1) is 0 Å². The maximum absolute atomic E-state index is 13.4. The van der Waals surface area contributed by atoms with Gasteiger partial charge < -0.3 is 14.6 Å². The SMILES string of the molecule is COc1cc(CCc2ncc[nH]2)nc(-c2ccc(S(=O)(=O)N3CCN(c4ccc(C)cc4C)CC3)cc2)c1. The first-order valence-corrected chi connectivity index (χ1v) is 14.2. The molecule has 0 saturated carbocycles. The first-order valence-electron chi connectivity index (χ1n) is 12.8. The average molecular weight is 532 g/mol. The van der Waals surface area contributed by atoms with Crippen LogP contribution < -0.4 is 9.64 Å². The molecule has 0 unspecified atom stereocenters. The molecule has 4 aromatic rings. The van der Waals surface area contributed by atoms with Gasteiger partial charge in [-0.3, -0.25) is 4.98 Å².